The minimum Gasteiger partial charge on any atom is -0.376 e. The Morgan fingerprint density at radius 2 is 1.74 bits per heavy atom. The Kier molecular flexibility index (Phi) is 7.18. The zero-order chi connectivity index (χ0) is 25.6. The second kappa shape index (κ2) is 9.57. The third kappa shape index (κ3) is 5.05. The number of hydrogen-bond donors (Lipinski definition) is 1. The lowest BCUT2D eigenvalue weighted by molar-refractivity contribution is -0.258. The van der Waals surface area contributed by atoms with Gasteiger partial charge in [0.2, 0.25) is 0 Å². The van der Waals surface area contributed by atoms with Crippen LogP contribution in [0.4, 0.5) is 18.9 Å². The Labute approximate surface area is 215 Å². The van der Waals surface area contributed by atoms with E-state index in [0.29, 0.717) is 28.2 Å². The van der Waals surface area contributed by atoms with Crippen LogP contribution in [0.1, 0.15) is 24.1 Å². The Morgan fingerprint density at radius 1 is 1.06 bits per heavy atom. The number of nitrogens with zero attached hydrogens (tertiary/aromatic N) is 2. The van der Waals surface area contributed by atoms with Gasteiger partial charge in [0, 0.05) is 35.4 Å². The molecule has 0 radical (unpaired) electrons. The first kappa shape index (κ1) is 26.2. The monoisotopic (exact) mass is 564 g/mol. The van der Waals surface area contributed by atoms with Gasteiger partial charge in [-0.2, -0.15) is 17.5 Å². The van der Waals surface area contributed by atoms with E-state index in [1.807, 2.05) is 4.90 Å². The van der Waals surface area contributed by atoms with Crippen molar-refractivity contribution in [2.75, 3.05) is 24.5 Å². The molecule has 1 aliphatic rings. The molecule has 35 heavy (non-hydrogen) atoms. The van der Waals surface area contributed by atoms with E-state index in [2.05, 4.69) is 0 Å². The van der Waals surface area contributed by atoms with Crippen LogP contribution in [-0.4, -0.2) is 43.6 Å². The van der Waals surface area contributed by atoms with E-state index in [4.69, 9.17) is 23.2 Å². The summed E-state index contributed by atoms with van der Waals surface area (Å²) in [5.74, 6) is 0. The van der Waals surface area contributed by atoms with Crippen LogP contribution >= 0.6 is 34.5 Å². The lowest BCUT2D eigenvalue weighted by atomic mass is 9.94. The number of halogens is 5. The summed E-state index contributed by atoms with van der Waals surface area (Å²) in [4.78, 5) is 1.88. The van der Waals surface area contributed by atoms with Crippen molar-refractivity contribution < 1.29 is 26.7 Å². The van der Waals surface area contributed by atoms with Gasteiger partial charge in [-0.05, 0) is 59.8 Å². The molecular formula is C23H21Cl2F3N2O3S2. The number of hydrogen-bond acceptors (Lipinski definition) is 5. The van der Waals surface area contributed by atoms with Crippen molar-refractivity contribution in [3.63, 3.8) is 0 Å². The lowest BCUT2D eigenvalue weighted by Gasteiger charge is -2.42. The molecular weight excluding hydrogens is 544 g/mol. The van der Waals surface area contributed by atoms with E-state index in [0.717, 1.165) is 11.3 Å². The molecule has 2 aromatic carbocycles. The van der Waals surface area contributed by atoms with Crippen molar-refractivity contribution in [2.24, 2.45) is 0 Å². The largest absolute Gasteiger partial charge is 0.421 e. The number of piperazine rings is 1. The molecule has 0 saturated carbocycles. The van der Waals surface area contributed by atoms with Crippen LogP contribution in [0.25, 0.3) is 0 Å². The maximum Gasteiger partial charge on any atom is 0.421 e. The normalized spacial score (nSPS) is 19.5. The zero-order valence-corrected chi connectivity index (χ0v) is 21.5. The summed E-state index contributed by atoms with van der Waals surface area (Å²) in [6, 6.07) is 12.9. The van der Waals surface area contributed by atoms with Crippen molar-refractivity contribution in [3.05, 3.63) is 81.1 Å². The Balaban J connectivity index is 1.72. The second-order valence-electron chi connectivity index (χ2n) is 8.29. The van der Waals surface area contributed by atoms with E-state index >= 15 is 0 Å². The molecule has 3 aromatic rings. The molecule has 1 aliphatic heterocycles. The van der Waals surface area contributed by atoms with Crippen LogP contribution < -0.4 is 4.90 Å². The minimum absolute atomic E-state index is 0.0579. The van der Waals surface area contributed by atoms with Gasteiger partial charge in [-0.15, -0.1) is 11.3 Å². The smallest absolute Gasteiger partial charge is 0.376 e. The SMILES string of the molecule is CC(O)(c1ccc(N2CCN(S(=O)(=O)c3cccs3)CC2c2cc(Cl)ccc2Cl)cc1)C(F)(F)F. The number of anilines is 1. The van der Waals surface area contributed by atoms with Gasteiger partial charge < -0.3 is 10.0 Å². The van der Waals surface area contributed by atoms with Crippen LogP contribution in [-0.2, 0) is 15.6 Å². The van der Waals surface area contributed by atoms with Gasteiger partial charge in [0.25, 0.3) is 10.0 Å². The van der Waals surface area contributed by atoms with Crippen LogP contribution in [0.2, 0.25) is 10.0 Å². The van der Waals surface area contributed by atoms with Gasteiger partial charge in [0.15, 0.2) is 5.60 Å². The maximum absolute atomic E-state index is 13.3. The third-order valence-corrected chi connectivity index (χ3v) is 9.88. The zero-order valence-electron chi connectivity index (χ0n) is 18.3. The predicted octanol–water partition coefficient (Wildman–Crippen LogP) is 6.08. The molecule has 188 valence electrons. The van der Waals surface area contributed by atoms with Crippen molar-refractivity contribution in [1.82, 2.24) is 4.31 Å². The molecule has 0 bridgehead atoms. The first-order valence-corrected chi connectivity index (χ1v) is 13.5. The molecule has 1 aromatic heterocycles. The lowest BCUT2D eigenvalue weighted by Crippen LogP contribution is -2.50. The summed E-state index contributed by atoms with van der Waals surface area (Å²) >= 11 is 13.8. The molecule has 1 saturated heterocycles. The molecule has 2 unspecified atom stereocenters. The molecule has 2 atom stereocenters. The van der Waals surface area contributed by atoms with Gasteiger partial charge in [-0.1, -0.05) is 41.4 Å². The highest BCUT2D eigenvalue weighted by Gasteiger charge is 2.51. The number of sulfonamides is 1. The van der Waals surface area contributed by atoms with E-state index in [1.54, 1.807) is 35.7 Å². The summed E-state index contributed by atoms with van der Waals surface area (Å²) in [7, 11) is -3.74. The Hall–Kier alpha value is -1.82. The fraction of sp³-hybridized carbons (Fsp3) is 0.304. The molecule has 0 aliphatic carbocycles. The van der Waals surface area contributed by atoms with Crippen molar-refractivity contribution >= 4 is 50.2 Å². The first-order chi connectivity index (χ1) is 16.3. The summed E-state index contributed by atoms with van der Waals surface area (Å²) in [6.45, 7) is 1.18. The molecule has 2 heterocycles. The highest BCUT2D eigenvalue weighted by atomic mass is 35.5. The molecule has 1 N–H and O–H groups in total. The Bertz CT molecular complexity index is 1300. The number of thiophene rings is 1. The summed E-state index contributed by atoms with van der Waals surface area (Å²) < 4.78 is 67.8. The van der Waals surface area contributed by atoms with E-state index in [9.17, 15) is 26.7 Å². The average Bonchev–Trinajstić information content (AvgIpc) is 3.36. The highest BCUT2D eigenvalue weighted by Crippen LogP contribution is 2.41. The van der Waals surface area contributed by atoms with Gasteiger partial charge in [0.1, 0.15) is 4.21 Å². The predicted molar refractivity (Wildman–Crippen MR) is 132 cm³/mol. The maximum atomic E-state index is 13.3. The molecule has 1 fully saturated rings. The van der Waals surface area contributed by atoms with Crippen LogP contribution in [0.3, 0.4) is 0 Å². The molecule has 0 spiro atoms. The molecule has 4 rings (SSSR count). The summed E-state index contributed by atoms with van der Waals surface area (Å²) in [5, 5.41) is 12.5. The topological polar surface area (TPSA) is 60.9 Å². The molecule has 5 nitrogen and oxygen atoms in total. The van der Waals surface area contributed by atoms with Gasteiger partial charge in [0.05, 0.1) is 6.04 Å². The molecule has 0 amide bonds. The Morgan fingerprint density at radius 3 is 2.34 bits per heavy atom. The van der Waals surface area contributed by atoms with E-state index in [1.165, 1.54) is 28.6 Å². The number of aliphatic hydroxyl groups is 1. The van der Waals surface area contributed by atoms with E-state index < -0.39 is 27.8 Å². The van der Waals surface area contributed by atoms with Crippen molar-refractivity contribution in [3.8, 4) is 0 Å². The van der Waals surface area contributed by atoms with Gasteiger partial charge in [-0.3, -0.25) is 0 Å². The van der Waals surface area contributed by atoms with E-state index in [-0.39, 0.29) is 29.4 Å². The first-order valence-electron chi connectivity index (χ1n) is 10.5. The van der Waals surface area contributed by atoms with Gasteiger partial charge in [-0.25, -0.2) is 8.42 Å². The van der Waals surface area contributed by atoms with Crippen molar-refractivity contribution in [1.29, 1.82) is 0 Å². The fourth-order valence-electron chi connectivity index (χ4n) is 4.00. The van der Waals surface area contributed by atoms with Crippen LogP contribution in [0.5, 0.6) is 0 Å². The van der Waals surface area contributed by atoms with Crippen LogP contribution in [0, 0.1) is 0 Å². The minimum atomic E-state index is -4.84. The highest BCUT2D eigenvalue weighted by molar-refractivity contribution is 7.91. The summed E-state index contributed by atoms with van der Waals surface area (Å²) in [5.41, 5.74) is -2.16. The second-order valence-corrected chi connectivity index (χ2v) is 12.2. The van der Waals surface area contributed by atoms with Crippen LogP contribution in [0.15, 0.2) is 64.2 Å². The molecule has 12 heteroatoms. The number of benzene rings is 2. The van der Waals surface area contributed by atoms with Crippen molar-refractivity contribution in [2.45, 2.75) is 29.0 Å². The number of alkyl halides is 3. The average molecular weight is 565 g/mol. The quantitative estimate of drug-likeness (QED) is 0.408. The fourth-order valence-corrected chi connectivity index (χ4v) is 7.01. The number of rotatable bonds is 5. The standard InChI is InChI=1S/C23H21Cl2F3N2O3S2/c1-22(31,23(26,27)28)15-4-7-17(8-5-15)30-11-10-29(35(32,33)21-3-2-12-34-21)14-20(30)18-13-16(24)6-9-19(18)25/h2-9,12-13,20,31H,10-11,14H2,1H3. The third-order valence-electron chi connectivity index (χ3n) is 6.06. The summed E-state index contributed by atoms with van der Waals surface area (Å²) in [6.07, 6.45) is -4.84. The van der Waals surface area contributed by atoms with Gasteiger partial charge >= 0.3 is 6.18 Å².